The number of carbonyl (C=O) groups excluding carboxylic acids is 1. The van der Waals surface area contributed by atoms with Gasteiger partial charge in [0, 0.05) is 49.0 Å². The monoisotopic (exact) mass is 441 g/mol. The number of hydrogen-bond acceptors (Lipinski definition) is 6. The lowest BCUT2D eigenvalue weighted by Crippen LogP contribution is -2.50. The van der Waals surface area contributed by atoms with E-state index in [1.165, 1.54) is 10.7 Å². The number of amides is 1. The average molecular weight is 441 g/mol. The van der Waals surface area contributed by atoms with E-state index in [-0.39, 0.29) is 23.1 Å². The van der Waals surface area contributed by atoms with E-state index in [2.05, 4.69) is 26.6 Å². The molecule has 11 heteroatoms. The van der Waals surface area contributed by atoms with Crippen LogP contribution in [0.4, 0.5) is 8.78 Å². The minimum Gasteiger partial charge on any atom is -0.357 e. The molecule has 2 fully saturated rings. The molecule has 1 aliphatic carbocycles. The first-order valence-corrected chi connectivity index (χ1v) is 10.5. The number of rotatable bonds is 4. The second-order valence-electron chi connectivity index (χ2n) is 8.29. The van der Waals surface area contributed by atoms with Crippen molar-refractivity contribution in [3.8, 4) is 17.2 Å². The van der Waals surface area contributed by atoms with Gasteiger partial charge in [-0.2, -0.15) is 15.5 Å². The molecule has 32 heavy (non-hydrogen) atoms. The van der Waals surface area contributed by atoms with Gasteiger partial charge in [0.25, 0.3) is 11.8 Å². The number of carbonyl (C=O) groups is 1. The van der Waals surface area contributed by atoms with E-state index in [1.54, 1.807) is 24.0 Å². The molecule has 4 heterocycles. The summed E-state index contributed by atoms with van der Waals surface area (Å²) in [7, 11) is 0. The van der Waals surface area contributed by atoms with E-state index in [0.29, 0.717) is 23.4 Å². The molecule has 2 aliphatic rings. The van der Waals surface area contributed by atoms with Crippen molar-refractivity contribution in [3.63, 3.8) is 0 Å². The predicted octanol–water partition coefficient (Wildman–Crippen LogP) is 3.00. The third-order valence-corrected chi connectivity index (χ3v) is 5.93. The lowest BCUT2D eigenvalue weighted by atomic mass is 9.88. The Labute approximate surface area is 182 Å². The summed E-state index contributed by atoms with van der Waals surface area (Å²) in [6.45, 7) is 2.32. The first-order valence-electron chi connectivity index (χ1n) is 10.5. The zero-order valence-corrected chi connectivity index (χ0v) is 17.4. The zero-order chi connectivity index (χ0) is 22.5. The molecule has 0 spiro atoms. The van der Waals surface area contributed by atoms with Crippen molar-refractivity contribution >= 4 is 11.6 Å². The molecule has 1 saturated heterocycles. The molecule has 1 unspecified atom stereocenters. The van der Waals surface area contributed by atoms with Crippen molar-refractivity contribution in [2.45, 2.75) is 57.2 Å². The molecule has 1 saturated carbocycles. The van der Waals surface area contributed by atoms with Gasteiger partial charge in [0.1, 0.15) is 23.6 Å². The SMILES string of the molecule is Cc1nn2c(C(=O)NC3CC(F)(F)C3)c(-c3cnn(C4CCCCO4)c3)cnc2c1C#N. The highest BCUT2D eigenvalue weighted by atomic mass is 19.3. The summed E-state index contributed by atoms with van der Waals surface area (Å²) in [5.41, 5.74) is 2.10. The van der Waals surface area contributed by atoms with Gasteiger partial charge in [-0.05, 0) is 26.2 Å². The lowest BCUT2D eigenvalue weighted by Gasteiger charge is -2.35. The number of halogens is 2. The van der Waals surface area contributed by atoms with Crippen LogP contribution in [0.2, 0.25) is 0 Å². The second-order valence-corrected chi connectivity index (χ2v) is 8.29. The van der Waals surface area contributed by atoms with Gasteiger partial charge < -0.3 is 10.1 Å². The molecule has 3 aromatic heterocycles. The number of aryl methyl sites for hydroxylation is 1. The molecule has 1 N–H and O–H groups in total. The molecule has 9 nitrogen and oxygen atoms in total. The van der Waals surface area contributed by atoms with Gasteiger partial charge >= 0.3 is 0 Å². The Bertz CT molecular complexity index is 1230. The molecule has 5 rings (SSSR count). The number of hydrogen-bond donors (Lipinski definition) is 1. The second kappa shape index (κ2) is 7.63. The van der Waals surface area contributed by atoms with Crippen molar-refractivity contribution in [1.29, 1.82) is 5.26 Å². The largest absolute Gasteiger partial charge is 0.357 e. The molecular weight excluding hydrogens is 420 g/mol. The maximum Gasteiger partial charge on any atom is 0.270 e. The molecule has 3 aromatic rings. The molecule has 0 radical (unpaired) electrons. The van der Waals surface area contributed by atoms with Crippen LogP contribution in [0.5, 0.6) is 0 Å². The summed E-state index contributed by atoms with van der Waals surface area (Å²) >= 11 is 0. The van der Waals surface area contributed by atoms with Crippen molar-refractivity contribution in [2.75, 3.05) is 6.61 Å². The summed E-state index contributed by atoms with van der Waals surface area (Å²) in [4.78, 5) is 17.6. The number of nitriles is 1. The van der Waals surface area contributed by atoms with Crippen LogP contribution in [0.1, 0.15) is 60.1 Å². The predicted molar refractivity (Wildman–Crippen MR) is 108 cm³/mol. The average Bonchev–Trinajstić information content (AvgIpc) is 3.36. The molecule has 1 amide bonds. The Hall–Kier alpha value is -3.39. The standard InChI is InChI=1S/C21H21F2N7O2/c1-12-15(8-24)19-25-10-16(13-9-26-29(11-13)17-4-2-3-5-32-17)18(30(19)28-12)20(31)27-14-6-21(22,23)7-14/h9-11,14,17H,2-7H2,1H3,(H,27,31). The van der Waals surface area contributed by atoms with Crippen LogP contribution in [0.15, 0.2) is 18.6 Å². The Balaban J connectivity index is 1.56. The van der Waals surface area contributed by atoms with E-state index in [0.717, 1.165) is 19.3 Å². The molecule has 0 bridgehead atoms. The maximum absolute atomic E-state index is 13.3. The Morgan fingerprint density at radius 3 is 2.84 bits per heavy atom. The number of nitrogens with zero attached hydrogens (tertiary/aromatic N) is 6. The van der Waals surface area contributed by atoms with E-state index < -0.39 is 30.7 Å². The van der Waals surface area contributed by atoms with E-state index in [9.17, 15) is 18.8 Å². The van der Waals surface area contributed by atoms with Crippen LogP contribution in [0.25, 0.3) is 16.8 Å². The Kier molecular flexibility index (Phi) is 4.89. The van der Waals surface area contributed by atoms with E-state index in [1.807, 2.05) is 0 Å². The summed E-state index contributed by atoms with van der Waals surface area (Å²) in [6, 6.07) is 1.43. The fraction of sp³-hybridized carbons (Fsp3) is 0.476. The molecule has 1 atom stereocenters. The molecule has 166 valence electrons. The summed E-state index contributed by atoms with van der Waals surface area (Å²) in [5.74, 6) is -3.31. The van der Waals surface area contributed by atoms with Crippen LogP contribution < -0.4 is 5.32 Å². The van der Waals surface area contributed by atoms with Gasteiger partial charge in [0.2, 0.25) is 0 Å². The van der Waals surface area contributed by atoms with Crippen LogP contribution >= 0.6 is 0 Å². The third-order valence-electron chi connectivity index (χ3n) is 5.93. The van der Waals surface area contributed by atoms with Crippen LogP contribution in [0, 0.1) is 18.3 Å². The number of alkyl halides is 2. The minimum absolute atomic E-state index is 0.124. The lowest BCUT2D eigenvalue weighted by molar-refractivity contribution is -0.0901. The van der Waals surface area contributed by atoms with E-state index in [4.69, 9.17) is 4.74 Å². The normalized spacial score (nSPS) is 20.6. The van der Waals surface area contributed by atoms with Crippen LogP contribution in [-0.2, 0) is 4.74 Å². The third kappa shape index (κ3) is 3.50. The van der Waals surface area contributed by atoms with E-state index >= 15 is 0 Å². The highest BCUT2D eigenvalue weighted by molar-refractivity contribution is 6.00. The number of ether oxygens (including phenoxy) is 1. The van der Waals surface area contributed by atoms with Gasteiger partial charge in [-0.15, -0.1) is 0 Å². The Morgan fingerprint density at radius 2 is 2.16 bits per heavy atom. The van der Waals surface area contributed by atoms with Gasteiger partial charge in [-0.3, -0.25) is 4.79 Å². The Morgan fingerprint density at radius 1 is 1.34 bits per heavy atom. The van der Waals surface area contributed by atoms with Crippen LogP contribution in [0.3, 0.4) is 0 Å². The topological polar surface area (TPSA) is 110 Å². The minimum atomic E-state index is -2.76. The van der Waals surface area contributed by atoms with Crippen molar-refractivity contribution < 1.29 is 18.3 Å². The molecule has 0 aromatic carbocycles. The first kappa shape index (κ1) is 20.5. The van der Waals surface area contributed by atoms with Crippen LogP contribution in [-0.4, -0.2) is 48.9 Å². The van der Waals surface area contributed by atoms with Gasteiger partial charge in [-0.1, -0.05) is 0 Å². The smallest absolute Gasteiger partial charge is 0.270 e. The zero-order valence-electron chi connectivity index (χ0n) is 17.4. The molecule has 1 aliphatic heterocycles. The fourth-order valence-electron chi connectivity index (χ4n) is 4.24. The summed E-state index contributed by atoms with van der Waals surface area (Å²) < 4.78 is 35.4. The maximum atomic E-state index is 13.3. The van der Waals surface area contributed by atoms with Crippen molar-refractivity contribution in [2.24, 2.45) is 0 Å². The first-order chi connectivity index (χ1) is 15.4. The highest BCUT2D eigenvalue weighted by Gasteiger charge is 2.46. The summed E-state index contributed by atoms with van der Waals surface area (Å²) in [5, 5.41) is 20.9. The number of fused-ring (bicyclic) bond motifs is 1. The number of nitrogens with one attached hydrogen (secondary N) is 1. The fourth-order valence-corrected chi connectivity index (χ4v) is 4.24. The van der Waals surface area contributed by atoms with Gasteiger partial charge in [0.05, 0.1) is 11.9 Å². The van der Waals surface area contributed by atoms with Gasteiger partial charge in [0.15, 0.2) is 5.65 Å². The summed E-state index contributed by atoms with van der Waals surface area (Å²) in [6.07, 6.45) is 6.77. The van der Waals surface area contributed by atoms with Crippen molar-refractivity contribution in [1.82, 2.24) is 29.7 Å². The number of aromatic nitrogens is 5. The van der Waals surface area contributed by atoms with Gasteiger partial charge in [-0.25, -0.2) is 23.0 Å². The molecular formula is C21H21F2N7O2. The van der Waals surface area contributed by atoms with Crippen molar-refractivity contribution in [3.05, 3.63) is 35.5 Å². The highest BCUT2D eigenvalue weighted by Crippen LogP contribution is 2.38. The quantitative estimate of drug-likeness (QED) is 0.667.